The molecular formula is C25H18F3NO5. The van der Waals surface area contributed by atoms with Crippen molar-refractivity contribution in [1.82, 2.24) is 0 Å². The van der Waals surface area contributed by atoms with Crippen LogP contribution >= 0.6 is 0 Å². The van der Waals surface area contributed by atoms with Crippen LogP contribution in [0.3, 0.4) is 0 Å². The highest BCUT2D eigenvalue weighted by Gasteiger charge is 2.47. The lowest BCUT2D eigenvalue weighted by molar-refractivity contribution is -0.132. The van der Waals surface area contributed by atoms with E-state index in [4.69, 9.17) is 9.47 Å². The fourth-order valence-electron chi connectivity index (χ4n) is 3.83. The quantitative estimate of drug-likeness (QED) is 0.332. The molecule has 34 heavy (non-hydrogen) atoms. The zero-order valence-corrected chi connectivity index (χ0v) is 18.0. The maximum atomic E-state index is 14.0. The summed E-state index contributed by atoms with van der Waals surface area (Å²) in [5.41, 5.74) is -0.0843. The van der Waals surface area contributed by atoms with Crippen LogP contribution in [0, 0.1) is 17.5 Å². The molecular weight excluding hydrogens is 451 g/mol. The fourth-order valence-corrected chi connectivity index (χ4v) is 3.83. The van der Waals surface area contributed by atoms with Crippen LogP contribution in [0.2, 0.25) is 0 Å². The maximum Gasteiger partial charge on any atom is 0.300 e. The smallest absolute Gasteiger partial charge is 0.300 e. The molecule has 1 atom stereocenters. The van der Waals surface area contributed by atoms with Crippen molar-refractivity contribution in [2.45, 2.75) is 6.04 Å². The van der Waals surface area contributed by atoms with E-state index < -0.39 is 40.9 Å². The number of anilines is 1. The van der Waals surface area contributed by atoms with E-state index in [2.05, 4.69) is 0 Å². The lowest BCUT2D eigenvalue weighted by atomic mass is 9.94. The molecule has 1 aliphatic rings. The molecule has 0 bridgehead atoms. The number of carbonyl (C=O) groups is 2. The predicted octanol–water partition coefficient (Wildman–Crippen LogP) is 4.75. The van der Waals surface area contributed by atoms with Gasteiger partial charge in [-0.3, -0.25) is 14.5 Å². The van der Waals surface area contributed by atoms with E-state index in [1.165, 1.54) is 44.6 Å². The first-order chi connectivity index (χ1) is 16.3. The first-order valence-corrected chi connectivity index (χ1v) is 10.0. The number of carbonyl (C=O) groups excluding carboxylic acids is 2. The Hall–Kier alpha value is -4.27. The Morgan fingerprint density at radius 1 is 0.882 bits per heavy atom. The van der Waals surface area contributed by atoms with E-state index >= 15 is 0 Å². The number of rotatable bonds is 5. The van der Waals surface area contributed by atoms with Gasteiger partial charge in [0.25, 0.3) is 11.7 Å². The molecule has 1 unspecified atom stereocenters. The molecule has 3 aromatic rings. The van der Waals surface area contributed by atoms with Gasteiger partial charge in [0.15, 0.2) is 11.6 Å². The third-order valence-corrected chi connectivity index (χ3v) is 5.48. The summed E-state index contributed by atoms with van der Waals surface area (Å²) >= 11 is 0. The number of aliphatic hydroxyl groups excluding tert-OH is 1. The summed E-state index contributed by atoms with van der Waals surface area (Å²) in [6, 6.07) is 10.8. The predicted molar refractivity (Wildman–Crippen MR) is 117 cm³/mol. The largest absolute Gasteiger partial charge is 0.507 e. The average molecular weight is 469 g/mol. The van der Waals surface area contributed by atoms with Crippen LogP contribution in [0.4, 0.5) is 18.9 Å². The molecule has 0 spiro atoms. The van der Waals surface area contributed by atoms with Crippen LogP contribution in [-0.2, 0) is 9.59 Å². The number of benzene rings is 3. The van der Waals surface area contributed by atoms with Crippen molar-refractivity contribution < 1.29 is 37.3 Å². The molecule has 9 heteroatoms. The van der Waals surface area contributed by atoms with Crippen LogP contribution in [0.1, 0.15) is 17.2 Å². The molecule has 4 rings (SSSR count). The van der Waals surface area contributed by atoms with Gasteiger partial charge in [-0.05, 0) is 42.0 Å². The van der Waals surface area contributed by atoms with Gasteiger partial charge in [-0.15, -0.1) is 0 Å². The molecule has 0 aliphatic carbocycles. The Balaban J connectivity index is 1.97. The van der Waals surface area contributed by atoms with Crippen LogP contribution < -0.4 is 14.4 Å². The lowest BCUT2D eigenvalue weighted by Gasteiger charge is -2.25. The Morgan fingerprint density at radius 2 is 1.59 bits per heavy atom. The summed E-state index contributed by atoms with van der Waals surface area (Å²) in [6.45, 7) is 0. The number of ketones is 1. The highest BCUT2D eigenvalue weighted by molar-refractivity contribution is 6.51. The molecule has 0 saturated carbocycles. The minimum atomic E-state index is -1.25. The van der Waals surface area contributed by atoms with Gasteiger partial charge in [0.1, 0.15) is 23.1 Å². The van der Waals surface area contributed by atoms with Gasteiger partial charge >= 0.3 is 0 Å². The monoisotopic (exact) mass is 469 g/mol. The standard InChI is InChI=1S/C25H18F3NO5/c1-33-16-8-9-17(20(12-16)34-2)23(30)21-22(13-3-5-14(26)6-4-13)29(25(32)24(21)31)15-7-10-18(27)19(28)11-15/h3-12,22,30H,1-2H3/b23-21-. The van der Waals surface area contributed by atoms with Crippen LogP contribution in [0.5, 0.6) is 11.5 Å². The summed E-state index contributed by atoms with van der Waals surface area (Å²) in [5.74, 6) is -5.04. The van der Waals surface area contributed by atoms with Gasteiger partial charge in [-0.25, -0.2) is 13.2 Å². The first kappa shape index (κ1) is 22.9. The summed E-state index contributed by atoms with van der Waals surface area (Å²) < 4.78 is 51.6. The molecule has 1 amide bonds. The number of amides is 1. The third-order valence-electron chi connectivity index (χ3n) is 5.48. The molecule has 1 heterocycles. The Bertz CT molecular complexity index is 1320. The van der Waals surface area contributed by atoms with Crippen molar-refractivity contribution in [3.05, 3.63) is 94.8 Å². The number of halogens is 3. The Morgan fingerprint density at radius 3 is 2.21 bits per heavy atom. The third kappa shape index (κ3) is 3.85. The molecule has 1 saturated heterocycles. The zero-order chi connectivity index (χ0) is 24.6. The summed E-state index contributed by atoms with van der Waals surface area (Å²) in [5, 5.41) is 11.2. The zero-order valence-electron chi connectivity index (χ0n) is 18.0. The molecule has 6 nitrogen and oxygen atoms in total. The highest BCUT2D eigenvalue weighted by Crippen LogP contribution is 2.43. The molecule has 1 fully saturated rings. The van der Waals surface area contributed by atoms with E-state index in [9.17, 15) is 27.9 Å². The van der Waals surface area contributed by atoms with Crippen molar-refractivity contribution in [2.75, 3.05) is 19.1 Å². The van der Waals surface area contributed by atoms with Gasteiger partial charge in [0.2, 0.25) is 0 Å². The van der Waals surface area contributed by atoms with Gasteiger partial charge in [-0.1, -0.05) is 12.1 Å². The van der Waals surface area contributed by atoms with Crippen molar-refractivity contribution in [2.24, 2.45) is 0 Å². The van der Waals surface area contributed by atoms with Gasteiger partial charge < -0.3 is 14.6 Å². The van der Waals surface area contributed by atoms with Gasteiger partial charge in [-0.2, -0.15) is 0 Å². The number of aliphatic hydroxyl groups is 1. The van der Waals surface area contributed by atoms with Gasteiger partial charge in [0.05, 0.1) is 31.4 Å². The number of nitrogens with zero attached hydrogens (tertiary/aromatic N) is 1. The lowest BCUT2D eigenvalue weighted by Crippen LogP contribution is -2.29. The highest BCUT2D eigenvalue weighted by atomic mass is 19.2. The molecule has 1 N–H and O–H groups in total. The minimum Gasteiger partial charge on any atom is -0.507 e. The second kappa shape index (κ2) is 8.93. The van der Waals surface area contributed by atoms with Gasteiger partial charge in [0, 0.05) is 17.8 Å². The number of hydrogen-bond acceptors (Lipinski definition) is 5. The molecule has 0 radical (unpaired) electrons. The van der Waals surface area contributed by atoms with E-state index in [1.807, 2.05) is 0 Å². The van der Waals surface area contributed by atoms with E-state index in [1.54, 1.807) is 0 Å². The van der Waals surface area contributed by atoms with Crippen LogP contribution in [-0.4, -0.2) is 31.0 Å². The second-order valence-corrected chi connectivity index (χ2v) is 7.39. The molecule has 0 aromatic heterocycles. The first-order valence-electron chi connectivity index (χ1n) is 10.0. The number of Topliss-reactive ketones (excluding diaryl/α,β-unsaturated/α-hetero) is 1. The van der Waals surface area contributed by atoms with Crippen molar-refractivity contribution >= 4 is 23.1 Å². The van der Waals surface area contributed by atoms with Crippen LogP contribution in [0.25, 0.3) is 5.76 Å². The maximum absolute atomic E-state index is 14.0. The topological polar surface area (TPSA) is 76.1 Å². The van der Waals surface area contributed by atoms with E-state index in [0.717, 1.165) is 35.2 Å². The minimum absolute atomic E-state index is 0.0960. The fraction of sp³-hybridized carbons (Fsp3) is 0.120. The summed E-state index contributed by atoms with van der Waals surface area (Å²) in [4.78, 5) is 27.1. The summed E-state index contributed by atoms with van der Waals surface area (Å²) in [7, 11) is 2.79. The summed E-state index contributed by atoms with van der Waals surface area (Å²) in [6.07, 6.45) is 0. The van der Waals surface area contributed by atoms with Crippen LogP contribution in [0.15, 0.2) is 66.2 Å². The number of hydrogen-bond donors (Lipinski definition) is 1. The normalized spacial score (nSPS) is 17.2. The Kier molecular flexibility index (Phi) is 6.02. The number of methoxy groups -OCH3 is 2. The Labute approximate surface area is 192 Å². The SMILES string of the molecule is COc1ccc(/C(O)=C2/C(=O)C(=O)N(c3ccc(F)c(F)c3)C2c2ccc(F)cc2)c(OC)c1. The number of ether oxygens (including phenoxy) is 2. The second-order valence-electron chi connectivity index (χ2n) is 7.39. The average Bonchev–Trinajstić information content (AvgIpc) is 3.10. The van der Waals surface area contributed by atoms with Crippen molar-refractivity contribution in [3.63, 3.8) is 0 Å². The van der Waals surface area contributed by atoms with E-state index in [-0.39, 0.29) is 28.1 Å². The molecule has 174 valence electrons. The van der Waals surface area contributed by atoms with Crippen molar-refractivity contribution in [3.8, 4) is 11.5 Å². The molecule has 1 aliphatic heterocycles. The van der Waals surface area contributed by atoms with Crippen molar-refractivity contribution in [1.29, 1.82) is 0 Å². The van der Waals surface area contributed by atoms with E-state index in [0.29, 0.717) is 5.75 Å². The molecule has 3 aromatic carbocycles.